The topological polar surface area (TPSA) is 33.2 Å². The molecule has 0 aliphatic rings. The van der Waals surface area contributed by atoms with Crippen LogP contribution in [0.3, 0.4) is 0 Å². The van der Waals surface area contributed by atoms with Gasteiger partial charge in [0.25, 0.3) is 0 Å². The first-order valence-corrected chi connectivity index (χ1v) is 5.77. The highest BCUT2D eigenvalue weighted by atomic mass is 32.1. The molecule has 4 heteroatoms. The Morgan fingerprint density at radius 2 is 2.25 bits per heavy atom. The van der Waals surface area contributed by atoms with E-state index in [1.807, 2.05) is 37.4 Å². The maximum absolute atomic E-state index is 10.6. The van der Waals surface area contributed by atoms with Crippen molar-refractivity contribution in [2.45, 2.75) is 6.54 Å². The lowest BCUT2D eigenvalue weighted by atomic mass is 10.3. The number of pyridine rings is 1. The van der Waals surface area contributed by atoms with Crippen LogP contribution in [0.5, 0.6) is 0 Å². The van der Waals surface area contributed by atoms with Gasteiger partial charge in [0, 0.05) is 13.2 Å². The Kier molecular flexibility index (Phi) is 3.31. The summed E-state index contributed by atoms with van der Waals surface area (Å²) in [7, 11) is 2.00. The highest BCUT2D eigenvalue weighted by Crippen LogP contribution is 2.24. The Labute approximate surface area is 98.4 Å². The van der Waals surface area contributed by atoms with Crippen molar-refractivity contribution in [2.75, 3.05) is 11.9 Å². The molecule has 0 saturated carbocycles. The zero-order valence-corrected chi connectivity index (χ0v) is 9.78. The van der Waals surface area contributed by atoms with E-state index in [2.05, 4.69) is 9.88 Å². The van der Waals surface area contributed by atoms with Crippen molar-refractivity contribution in [3.63, 3.8) is 0 Å². The van der Waals surface area contributed by atoms with Crippen molar-refractivity contribution in [1.29, 1.82) is 0 Å². The van der Waals surface area contributed by atoms with Gasteiger partial charge in [0.2, 0.25) is 0 Å². The van der Waals surface area contributed by atoms with Crippen molar-refractivity contribution in [3.8, 4) is 0 Å². The van der Waals surface area contributed by atoms with E-state index >= 15 is 0 Å². The molecule has 0 aliphatic carbocycles. The molecule has 0 aromatic carbocycles. The van der Waals surface area contributed by atoms with Crippen LogP contribution in [0, 0.1) is 0 Å². The van der Waals surface area contributed by atoms with Gasteiger partial charge in [0.15, 0.2) is 6.29 Å². The standard InChI is InChI=1S/C12H12N2OS/c1-14(8-10-4-2-3-7-13-10)12-6-5-11(9-15)16-12/h2-7,9H,8H2,1H3. The Morgan fingerprint density at radius 1 is 1.38 bits per heavy atom. The Balaban J connectivity index is 2.08. The molecule has 0 unspecified atom stereocenters. The zero-order valence-electron chi connectivity index (χ0n) is 8.96. The van der Waals surface area contributed by atoms with E-state index in [1.165, 1.54) is 11.3 Å². The van der Waals surface area contributed by atoms with E-state index in [4.69, 9.17) is 0 Å². The van der Waals surface area contributed by atoms with Gasteiger partial charge in [-0.1, -0.05) is 6.07 Å². The summed E-state index contributed by atoms with van der Waals surface area (Å²) < 4.78 is 0. The maximum atomic E-state index is 10.6. The maximum Gasteiger partial charge on any atom is 0.160 e. The van der Waals surface area contributed by atoms with Crippen LogP contribution in [0.15, 0.2) is 36.5 Å². The third-order valence-electron chi connectivity index (χ3n) is 2.23. The molecular formula is C12H12N2OS. The van der Waals surface area contributed by atoms with Crippen molar-refractivity contribution in [3.05, 3.63) is 47.1 Å². The molecule has 0 fully saturated rings. The summed E-state index contributed by atoms with van der Waals surface area (Å²) in [6, 6.07) is 9.66. The SMILES string of the molecule is CN(Cc1ccccn1)c1ccc(C=O)s1. The Morgan fingerprint density at radius 3 is 2.88 bits per heavy atom. The van der Waals surface area contributed by atoms with Crippen LogP contribution in [-0.4, -0.2) is 18.3 Å². The number of aldehydes is 1. The highest BCUT2D eigenvalue weighted by molar-refractivity contribution is 7.17. The smallest absolute Gasteiger partial charge is 0.160 e. The Bertz CT molecular complexity index is 467. The van der Waals surface area contributed by atoms with Crippen LogP contribution in [0.4, 0.5) is 5.00 Å². The molecule has 2 aromatic heterocycles. The second-order valence-electron chi connectivity index (χ2n) is 3.47. The van der Waals surface area contributed by atoms with Gasteiger partial charge in [0.05, 0.1) is 22.1 Å². The van der Waals surface area contributed by atoms with Gasteiger partial charge in [-0.3, -0.25) is 9.78 Å². The minimum absolute atomic E-state index is 0.750. The molecule has 0 spiro atoms. The first kappa shape index (κ1) is 10.8. The lowest BCUT2D eigenvalue weighted by Crippen LogP contribution is -2.15. The molecule has 82 valence electrons. The summed E-state index contributed by atoms with van der Waals surface area (Å²) in [5.41, 5.74) is 1.02. The van der Waals surface area contributed by atoms with Gasteiger partial charge < -0.3 is 4.90 Å². The molecule has 2 rings (SSSR count). The molecular weight excluding hydrogens is 220 g/mol. The fourth-order valence-corrected chi connectivity index (χ4v) is 2.21. The van der Waals surface area contributed by atoms with E-state index < -0.39 is 0 Å². The summed E-state index contributed by atoms with van der Waals surface area (Å²) in [6.45, 7) is 0.750. The predicted octanol–water partition coefficient (Wildman–Crippen LogP) is 2.59. The third kappa shape index (κ3) is 2.46. The van der Waals surface area contributed by atoms with Crippen molar-refractivity contribution in [2.24, 2.45) is 0 Å². The quantitative estimate of drug-likeness (QED) is 0.760. The molecule has 0 saturated heterocycles. The second-order valence-corrected chi connectivity index (χ2v) is 4.56. The van der Waals surface area contributed by atoms with Crippen LogP contribution in [0.2, 0.25) is 0 Å². The van der Waals surface area contributed by atoms with Gasteiger partial charge >= 0.3 is 0 Å². The molecule has 0 bridgehead atoms. The third-order valence-corrected chi connectivity index (χ3v) is 3.36. The fraction of sp³-hybridized carbons (Fsp3) is 0.167. The number of carbonyl (C=O) groups excluding carboxylic acids is 1. The van der Waals surface area contributed by atoms with E-state index in [9.17, 15) is 4.79 Å². The number of carbonyl (C=O) groups is 1. The van der Waals surface area contributed by atoms with Crippen molar-refractivity contribution in [1.82, 2.24) is 4.98 Å². The predicted molar refractivity (Wildman–Crippen MR) is 66.1 cm³/mol. The van der Waals surface area contributed by atoms with E-state index in [-0.39, 0.29) is 0 Å². The lowest BCUT2D eigenvalue weighted by molar-refractivity contribution is 0.112. The van der Waals surface area contributed by atoms with Crippen LogP contribution in [0.25, 0.3) is 0 Å². The molecule has 2 heterocycles. The largest absolute Gasteiger partial charge is 0.361 e. The first-order valence-electron chi connectivity index (χ1n) is 4.95. The zero-order chi connectivity index (χ0) is 11.4. The number of aromatic nitrogens is 1. The molecule has 0 atom stereocenters. The van der Waals surface area contributed by atoms with E-state index in [0.717, 1.165) is 28.4 Å². The number of hydrogen-bond acceptors (Lipinski definition) is 4. The summed E-state index contributed by atoms with van der Waals surface area (Å²) in [5.74, 6) is 0. The van der Waals surface area contributed by atoms with Crippen LogP contribution in [0.1, 0.15) is 15.4 Å². The van der Waals surface area contributed by atoms with E-state index in [0.29, 0.717) is 0 Å². The summed E-state index contributed by atoms with van der Waals surface area (Å²) >= 11 is 1.49. The van der Waals surface area contributed by atoms with Crippen LogP contribution >= 0.6 is 11.3 Å². The highest BCUT2D eigenvalue weighted by Gasteiger charge is 2.05. The molecule has 3 nitrogen and oxygen atoms in total. The van der Waals surface area contributed by atoms with Gasteiger partial charge in [-0.05, 0) is 24.3 Å². The first-order chi connectivity index (χ1) is 7.79. The fourth-order valence-electron chi connectivity index (χ4n) is 1.42. The molecule has 2 aromatic rings. The molecule has 0 aliphatic heterocycles. The van der Waals surface area contributed by atoms with Crippen LogP contribution < -0.4 is 4.90 Å². The Hall–Kier alpha value is -1.68. The van der Waals surface area contributed by atoms with Crippen molar-refractivity contribution >= 4 is 22.6 Å². The van der Waals surface area contributed by atoms with Gasteiger partial charge in [-0.2, -0.15) is 0 Å². The number of hydrogen-bond donors (Lipinski definition) is 0. The second kappa shape index (κ2) is 4.90. The minimum atomic E-state index is 0.750. The van der Waals surface area contributed by atoms with Crippen molar-refractivity contribution < 1.29 is 4.79 Å². The van der Waals surface area contributed by atoms with Gasteiger partial charge in [-0.25, -0.2) is 0 Å². The van der Waals surface area contributed by atoms with Crippen LogP contribution in [-0.2, 0) is 6.54 Å². The average Bonchev–Trinajstić information content (AvgIpc) is 2.79. The average molecular weight is 232 g/mol. The molecule has 0 N–H and O–H groups in total. The molecule has 16 heavy (non-hydrogen) atoms. The van der Waals surface area contributed by atoms with Gasteiger partial charge in [0.1, 0.15) is 0 Å². The number of nitrogens with zero attached hydrogens (tertiary/aromatic N) is 2. The monoisotopic (exact) mass is 232 g/mol. The van der Waals surface area contributed by atoms with E-state index in [1.54, 1.807) is 6.20 Å². The van der Waals surface area contributed by atoms with Gasteiger partial charge in [-0.15, -0.1) is 11.3 Å². The lowest BCUT2D eigenvalue weighted by Gasteiger charge is -2.15. The summed E-state index contributed by atoms with van der Waals surface area (Å²) in [4.78, 5) is 17.7. The number of rotatable bonds is 4. The summed E-state index contributed by atoms with van der Waals surface area (Å²) in [6.07, 6.45) is 2.66. The molecule has 0 amide bonds. The molecule has 0 radical (unpaired) electrons. The minimum Gasteiger partial charge on any atom is -0.361 e. The number of anilines is 1. The summed E-state index contributed by atoms with van der Waals surface area (Å²) in [5, 5.41) is 1.08. The number of thiophene rings is 1. The normalized spacial score (nSPS) is 10.1.